The van der Waals surface area contributed by atoms with E-state index < -0.39 is 10.1 Å². The molecule has 0 atom stereocenters. The Hall–Kier alpha value is -0.870. The summed E-state index contributed by atoms with van der Waals surface area (Å²) in [6.45, 7) is 6.89. The molecule has 0 fully saturated rings. The number of benzene rings is 1. The number of unbranched alkanes of at least 4 members (excludes halogenated alkanes) is 48. The molecule has 1 aromatic rings. The van der Waals surface area contributed by atoms with Crippen LogP contribution in [0.1, 0.15) is 365 Å². The minimum absolute atomic E-state index is 0.192. The van der Waals surface area contributed by atoms with Crippen LogP contribution < -0.4 is 0 Å². The molecule has 1 aromatic carbocycles. The Balaban J connectivity index is 2.52. The molecule has 396 valence electrons. The maximum atomic E-state index is 12.8. The first-order chi connectivity index (χ1) is 33.0. The largest absolute Gasteiger partial charge is 0.294 e. The van der Waals surface area contributed by atoms with E-state index in [0.29, 0.717) is 0 Å². The fraction of sp³-hybridized carbons (Fsp3) is 0.905. The second kappa shape index (κ2) is 50.1. The second-order valence-electron chi connectivity index (χ2n) is 21.9. The van der Waals surface area contributed by atoms with Gasteiger partial charge >= 0.3 is 0 Å². The van der Waals surface area contributed by atoms with Crippen LogP contribution in [-0.2, 0) is 29.4 Å². The van der Waals surface area contributed by atoms with Gasteiger partial charge in [-0.05, 0) is 61.3 Å². The van der Waals surface area contributed by atoms with Crippen molar-refractivity contribution in [3.63, 3.8) is 0 Å². The first-order valence-corrected chi connectivity index (χ1v) is 32.5. The number of hydrogen-bond donors (Lipinski definition) is 1. The van der Waals surface area contributed by atoms with E-state index in [1.165, 1.54) is 319 Å². The molecule has 3 nitrogen and oxygen atoms in total. The van der Waals surface area contributed by atoms with Crippen molar-refractivity contribution in [3.8, 4) is 0 Å². The maximum absolute atomic E-state index is 12.8. The van der Waals surface area contributed by atoms with Gasteiger partial charge in [0.05, 0.1) is 4.90 Å². The van der Waals surface area contributed by atoms with E-state index >= 15 is 0 Å². The summed E-state index contributed by atoms with van der Waals surface area (Å²) in [6.07, 6.45) is 72.3. The van der Waals surface area contributed by atoms with Crippen molar-refractivity contribution in [3.05, 3.63) is 28.8 Å². The van der Waals surface area contributed by atoms with E-state index in [9.17, 15) is 13.0 Å². The van der Waals surface area contributed by atoms with Crippen molar-refractivity contribution in [1.29, 1.82) is 0 Å². The van der Waals surface area contributed by atoms with E-state index in [4.69, 9.17) is 0 Å². The number of aryl methyl sites for hydroxylation is 1. The van der Waals surface area contributed by atoms with Gasteiger partial charge in [0.1, 0.15) is 0 Å². The molecule has 0 saturated heterocycles. The molecular formula is C63H120O3S. The van der Waals surface area contributed by atoms with E-state index in [-0.39, 0.29) is 4.90 Å². The summed E-state index contributed by atoms with van der Waals surface area (Å²) < 4.78 is 36.1. The third kappa shape index (κ3) is 41.5. The molecule has 0 aliphatic heterocycles. The molecule has 1 rings (SSSR count). The van der Waals surface area contributed by atoms with Crippen LogP contribution in [-0.4, -0.2) is 13.0 Å². The third-order valence-electron chi connectivity index (χ3n) is 15.4. The molecule has 0 heterocycles. The zero-order valence-corrected chi connectivity index (χ0v) is 46.8. The molecule has 0 aromatic heterocycles. The quantitative estimate of drug-likeness (QED) is 0.0523. The number of hydrogen-bond acceptors (Lipinski definition) is 2. The standard InChI is InChI=1S/C63H120O3S/c1-4-7-10-13-16-19-22-25-28-31-34-37-40-43-46-49-52-55-60-58-59-63(67(64,65)66)62(57-54-51-48-45-42-39-36-33-30-27-24-21-18-15-12-9-6-3)61(60)56-53-50-47-44-41-38-35-32-29-26-23-20-17-14-11-8-5-2/h58-59H,4-57H2,1-3H3,(H,64,65,66). The summed E-state index contributed by atoms with van der Waals surface area (Å²) in [5, 5.41) is 0. The molecule has 0 spiro atoms. The summed E-state index contributed by atoms with van der Waals surface area (Å²) in [7, 11) is -4.26. The SMILES string of the molecule is CCCCCCCCCCCCCCCCCCCc1ccc(S(=O)(=O)O)c(CCCCCCCCCCCCCCCCCCC)c1CCCCCCCCCCCCCCCCCCC. The van der Waals surface area contributed by atoms with Gasteiger partial charge in [-0.3, -0.25) is 4.55 Å². The molecule has 1 N–H and O–H groups in total. The van der Waals surface area contributed by atoms with Crippen molar-refractivity contribution in [1.82, 2.24) is 0 Å². The van der Waals surface area contributed by atoms with Gasteiger partial charge in [0.15, 0.2) is 0 Å². The summed E-state index contributed by atoms with van der Waals surface area (Å²) in [5.74, 6) is 0. The van der Waals surface area contributed by atoms with Crippen molar-refractivity contribution >= 4 is 10.1 Å². The van der Waals surface area contributed by atoms with Crippen LogP contribution in [0.2, 0.25) is 0 Å². The Kier molecular flexibility index (Phi) is 48.0. The van der Waals surface area contributed by atoms with E-state index in [0.717, 1.165) is 44.1 Å². The van der Waals surface area contributed by atoms with Crippen molar-refractivity contribution in [2.24, 2.45) is 0 Å². The van der Waals surface area contributed by atoms with Gasteiger partial charge in [-0.2, -0.15) is 8.42 Å². The minimum Gasteiger partial charge on any atom is -0.282 e. The highest BCUT2D eigenvalue weighted by Crippen LogP contribution is 2.30. The molecule has 4 heteroatoms. The lowest BCUT2D eigenvalue weighted by Gasteiger charge is -2.18. The van der Waals surface area contributed by atoms with Crippen LogP contribution in [0, 0.1) is 0 Å². The van der Waals surface area contributed by atoms with Crippen LogP contribution >= 0.6 is 0 Å². The Morgan fingerprint density at radius 1 is 0.269 bits per heavy atom. The average Bonchev–Trinajstić information content (AvgIpc) is 3.32. The van der Waals surface area contributed by atoms with Gasteiger partial charge in [0.2, 0.25) is 0 Å². The molecule has 0 aliphatic rings. The lowest BCUT2D eigenvalue weighted by atomic mass is 9.90. The van der Waals surface area contributed by atoms with Crippen LogP contribution in [0.4, 0.5) is 0 Å². The Bertz CT molecular complexity index is 1260. The van der Waals surface area contributed by atoms with Gasteiger partial charge in [-0.15, -0.1) is 0 Å². The lowest BCUT2D eigenvalue weighted by molar-refractivity contribution is 0.481. The lowest BCUT2D eigenvalue weighted by Crippen LogP contribution is -2.10. The van der Waals surface area contributed by atoms with E-state index in [1.54, 1.807) is 6.07 Å². The highest BCUT2D eigenvalue weighted by atomic mass is 32.2. The van der Waals surface area contributed by atoms with Crippen molar-refractivity contribution in [2.45, 2.75) is 372 Å². The van der Waals surface area contributed by atoms with E-state index in [2.05, 4.69) is 26.8 Å². The fourth-order valence-corrected chi connectivity index (χ4v) is 11.7. The van der Waals surface area contributed by atoms with Gasteiger partial charge in [0.25, 0.3) is 10.1 Å². The zero-order valence-electron chi connectivity index (χ0n) is 46.0. The molecule has 67 heavy (non-hydrogen) atoms. The fourth-order valence-electron chi connectivity index (χ4n) is 10.9. The highest BCUT2D eigenvalue weighted by Gasteiger charge is 2.21. The average molecular weight is 958 g/mol. The van der Waals surface area contributed by atoms with Gasteiger partial charge in [-0.25, -0.2) is 0 Å². The van der Waals surface area contributed by atoms with Gasteiger partial charge in [0, 0.05) is 0 Å². The van der Waals surface area contributed by atoms with Crippen LogP contribution in [0.25, 0.3) is 0 Å². The van der Waals surface area contributed by atoms with Crippen LogP contribution in [0.5, 0.6) is 0 Å². The Morgan fingerprint density at radius 3 is 0.687 bits per heavy atom. The van der Waals surface area contributed by atoms with Gasteiger partial charge in [-0.1, -0.05) is 335 Å². The molecule has 0 unspecified atom stereocenters. The number of rotatable bonds is 55. The van der Waals surface area contributed by atoms with Crippen molar-refractivity contribution in [2.75, 3.05) is 0 Å². The van der Waals surface area contributed by atoms with Crippen LogP contribution in [0.15, 0.2) is 17.0 Å². The van der Waals surface area contributed by atoms with Crippen molar-refractivity contribution < 1.29 is 13.0 Å². The van der Waals surface area contributed by atoms with E-state index in [1.807, 2.05) is 0 Å². The molecule has 0 amide bonds. The van der Waals surface area contributed by atoms with Gasteiger partial charge < -0.3 is 0 Å². The zero-order chi connectivity index (χ0) is 48.4. The third-order valence-corrected chi connectivity index (χ3v) is 16.3. The predicted molar refractivity (Wildman–Crippen MR) is 300 cm³/mol. The summed E-state index contributed by atoms with van der Waals surface area (Å²) in [4.78, 5) is 0.192. The normalized spacial score (nSPS) is 11.9. The first-order valence-electron chi connectivity index (χ1n) is 31.1. The smallest absolute Gasteiger partial charge is 0.282 e. The summed E-state index contributed by atoms with van der Waals surface area (Å²) >= 11 is 0. The minimum atomic E-state index is -4.26. The topological polar surface area (TPSA) is 54.4 Å². The summed E-state index contributed by atoms with van der Waals surface area (Å²) in [6, 6.07) is 3.82. The maximum Gasteiger partial charge on any atom is 0.294 e. The molecule has 0 aliphatic carbocycles. The predicted octanol–water partition coefficient (Wildman–Crippen LogP) is 22.5. The monoisotopic (exact) mass is 957 g/mol. The first kappa shape index (κ1) is 64.1. The molecular weight excluding hydrogens is 837 g/mol. The van der Waals surface area contributed by atoms with Crippen LogP contribution in [0.3, 0.4) is 0 Å². The highest BCUT2D eigenvalue weighted by molar-refractivity contribution is 7.85. The Morgan fingerprint density at radius 2 is 0.463 bits per heavy atom. The molecule has 0 radical (unpaired) electrons. The molecule has 0 bridgehead atoms. The Labute approximate surface area is 422 Å². The molecule has 0 saturated carbocycles. The summed E-state index contributed by atoms with van der Waals surface area (Å²) in [5.41, 5.74) is 3.57. The second-order valence-corrected chi connectivity index (χ2v) is 23.3.